The van der Waals surface area contributed by atoms with Gasteiger partial charge in [0, 0.05) is 5.39 Å². The third kappa shape index (κ3) is 2.60. The summed E-state index contributed by atoms with van der Waals surface area (Å²) in [5.41, 5.74) is -0.149. The van der Waals surface area contributed by atoms with Gasteiger partial charge >= 0.3 is 7.60 Å². The average Bonchev–Trinajstić information content (AvgIpc) is 2.23. The van der Waals surface area contributed by atoms with E-state index in [0.717, 1.165) is 0 Å². The van der Waals surface area contributed by atoms with Gasteiger partial charge in [0.25, 0.3) is 5.56 Å². The average molecular weight is 308 g/mol. The summed E-state index contributed by atoms with van der Waals surface area (Å²) in [6.45, 7) is 0. The van der Waals surface area contributed by atoms with Crippen LogP contribution in [0.1, 0.15) is 5.56 Å². The van der Waals surface area contributed by atoms with Crippen LogP contribution in [-0.2, 0) is 10.7 Å². The highest BCUT2D eigenvalue weighted by molar-refractivity contribution is 7.50. The topological polar surface area (TPSA) is 90.4 Å². The number of hydrogen-bond donors (Lipinski definition) is 3. The highest BCUT2D eigenvalue weighted by Gasteiger charge is 2.21. The smallest absolute Gasteiger partial charge is 0.324 e. The van der Waals surface area contributed by atoms with E-state index in [1.165, 1.54) is 0 Å². The molecule has 0 radical (unpaired) electrons. The van der Waals surface area contributed by atoms with Crippen LogP contribution in [0.4, 0.5) is 0 Å². The van der Waals surface area contributed by atoms with Crippen LogP contribution in [0, 0.1) is 0 Å². The van der Waals surface area contributed by atoms with Crippen LogP contribution in [-0.4, -0.2) is 14.8 Å². The fraction of sp³-hybridized carbons (Fsp3) is 0.100. The normalized spacial score (nSPS) is 12.0. The molecule has 0 saturated carbocycles. The van der Waals surface area contributed by atoms with Crippen molar-refractivity contribution in [3.63, 3.8) is 0 Å². The Morgan fingerprint density at radius 2 is 1.94 bits per heavy atom. The zero-order valence-corrected chi connectivity index (χ0v) is 11.3. The summed E-state index contributed by atoms with van der Waals surface area (Å²) in [6.07, 6.45) is -0.629. The fourth-order valence-corrected chi connectivity index (χ4v) is 3.03. The second-order valence-electron chi connectivity index (χ2n) is 3.73. The molecule has 0 unspecified atom stereocenters. The lowest BCUT2D eigenvalue weighted by molar-refractivity contribution is 0.372. The number of fused-ring (bicyclic) bond motifs is 1. The van der Waals surface area contributed by atoms with Crippen molar-refractivity contribution < 1.29 is 14.4 Å². The summed E-state index contributed by atoms with van der Waals surface area (Å²) < 4.78 is 11.1. The third-order valence-corrected chi connectivity index (χ3v) is 3.83. The maximum atomic E-state index is 11.6. The zero-order chi connectivity index (χ0) is 13.5. The number of aromatic nitrogens is 1. The van der Waals surface area contributed by atoms with Crippen LogP contribution in [0.3, 0.4) is 0 Å². The number of nitrogens with one attached hydrogen (secondary N) is 1. The fourth-order valence-electron chi connectivity index (χ4n) is 1.71. The number of aromatic amines is 1. The summed E-state index contributed by atoms with van der Waals surface area (Å²) in [4.78, 5) is 32.1. The molecule has 0 aliphatic rings. The van der Waals surface area contributed by atoms with Gasteiger partial charge in [-0.15, -0.1) is 0 Å². The largest absolute Gasteiger partial charge is 0.329 e. The number of pyridine rings is 1. The number of rotatable bonds is 2. The predicted molar refractivity (Wildman–Crippen MR) is 70.3 cm³/mol. The molecule has 1 aromatic carbocycles. The molecule has 0 fully saturated rings. The van der Waals surface area contributed by atoms with Gasteiger partial charge in [0.15, 0.2) is 0 Å². The van der Waals surface area contributed by atoms with E-state index in [2.05, 4.69) is 4.98 Å². The zero-order valence-electron chi connectivity index (χ0n) is 8.85. The van der Waals surface area contributed by atoms with E-state index in [4.69, 9.17) is 33.0 Å². The second kappa shape index (κ2) is 4.68. The molecule has 2 aromatic rings. The summed E-state index contributed by atoms with van der Waals surface area (Å²) in [6, 6.07) is 4.76. The molecule has 2 rings (SSSR count). The first-order chi connectivity index (χ1) is 8.29. The highest BCUT2D eigenvalue weighted by atomic mass is 35.5. The van der Waals surface area contributed by atoms with Gasteiger partial charge in [-0.1, -0.05) is 29.3 Å². The summed E-state index contributed by atoms with van der Waals surface area (Å²) in [5, 5.41) is 0.375. The van der Waals surface area contributed by atoms with Crippen molar-refractivity contribution in [3.05, 3.63) is 44.2 Å². The van der Waals surface area contributed by atoms with Crippen LogP contribution in [0.15, 0.2) is 23.0 Å². The van der Waals surface area contributed by atoms with Crippen molar-refractivity contribution >= 4 is 41.7 Å². The van der Waals surface area contributed by atoms with Crippen LogP contribution >= 0.6 is 30.8 Å². The summed E-state index contributed by atoms with van der Waals surface area (Å²) in [5.74, 6) is 0. The molecular weight excluding hydrogens is 300 g/mol. The van der Waals surface area contributed by atoms with E-state index in [1.807, 2.05) is 0 Å². The third-order valence-electron chi connectivity index (χ3n) is 2.39. The quantitative estimate of drug-likeness (QED) is 0.744. The van der Waals surface area contributed by atoms with E-state index >= 15 is 0 Å². The van der Waals surface area contributed by atoms with E-state index in [9.17, 15) is 9.36 Å². The molecule has 5 nitrogen and oxygen atoms in total. The Morgan fingerprint density at radius 1 is 1.28 bits per heavy atom. The molecular formula is C10H8Cl2NO4P. The first kappa shape index (κ1) is 13.6. The van der Waals surface area contributed by atoms with Gasteiger partial charge in [-0.3, -0.25) is 9.36 Å². The van der Waals surface area contributed by atoms with Gasteiger partial charge in [0.05, 0.1) is 16.7 Å². The van der Waals surface area contributed by atoms with E-state index in [0.29, 0.717) is 10.9 Å². The lowest BCUT2D eigenvalue weighted by atomic mass is 10.1. The maximum Gasteiger partial charge on any atom is 0.329 e. The van der Waals surface area contributed by atoms with Crippen LogP contribution in [0.25, 0.3) is 10.9 Å². The van der Waals surface area contributed by atoms with Crippen molar-refractivity contribution in [1.82, 2.24) is 4.98 Å². The summed E-state index contributed by atoms with van der Waals surface area (Å²) in [7, 11) is -4.35. The van der Waals surface area contributed by atoms with Crippen LogP contribution in [0.2, 0.25) is 10.0 Å². The minimum atomic E-state index is -4.35. The minimum absolute atomic E-state index is 0.0642. The van der Waals surface area contributed by atoms with E-state index < -0.39 is 19.3 Å². The monoisotopic (exact) mass is 307 g/mol. The predicted octanol–water partition coefficient (Wildman–Crippen LogP) is 2.51. The van der Waals surface area contributed by atoms with Gasteiger partial charge < -0.3 is 14.8 Å². The summed E-state index contributed by atoms with van der Waals surface area (Å²) >= 11 is 11.8. The molecule has 1 heterocycles. The molecule has 3 N–H and O–H groups in total. The van der Waals surface area contributed by atoms with Crippen molar-refractivity contribution in [3.8, 4) is 0 Å². The van der Waals surface area contributed by atoms with Gasteiger partial charge in [-0.25, -0.2) is 0 Å². The van der Waals surface area contributed by atoms with Crippen LogP contribution in [0.5, 0.6) is 0 Å². The first-order valence-corrected chi connectivity index (χ1v) is 7.38. The molecule has 0 amide bonds. The second-order valence-corrected chi connectivity index (χ2v) is 6.16. The molecule has 8 heteroatoms. The van der Waals surface area contributed by atoms with Crippen molar-refractivity contribution in [2.24, 2.45) is 0 Å². The van der Waals surface area contributed by atoms with Gasteiger partial charge in [0.2, 0.25) is 0 Å². The lowest BCUT2D eigenvalue weighted by Gasteiger charge is -2.10. The molecule has 0 bridgehead atoms. The van der Waals surface area contributed by atoms with Gasteiger partial charge in [-0.05, 0) is 17.7 Å². The Kier molecular flexibility index (Phi) is 3.54. The van der Waals surface area contributed by atoms with E-state index in [-0.39, 0.29) is 15.6 Å². The number of halogens is 2. The Hall–Kier alpha value is -0.840. The molecule has 0 atom stereocenters. The van der Waals surface area contributed by atoms with Gasteiger partial charge in [0.1, 0.15) is 5.02 Å². The molecule has 96 valence electrons. The molecule has 1 aromatic heterocycles. The van der Waals surface area contributed by atoms with Crippen molar-refractivity contribution in [2.45, 2.75) is 6.16 Å². The maximum absolute atomic E-state index is 11.6. The standard InChI is InChI=1S/C10H8Cl2NO4P/c11-6-2-1-3-7-8(6)5(4-18(15,16)17)9(12)10(14)13-7/h1-3H,4H2,(H,13,14)(H2,15,16,17). The van der Waals surface area contributed by atoms with Gasteiger partial charge in [-0.2, -0.15) is 0 Å². The Labute approximate surface area is 112 Å². The molecule has 0 aliphatic carbocycles. The van der Waals surface area contributed by atoms with Crippen molar-refractivity contribution in [1.29, 1.82) is 0 Å². The van der Waals surface area contributed by atoms with E-state index in [1.54, 1.807) is 18.2 Å². The minimum Gasteiger partial charge on any atom is -0.324 e. The van der Waals surface area contributed by atoms with Crippen molar-refractivity contribution in [2.75, 3.05) is 0 Å². The molecule has 0 spiro atoms. The Morgan fingerprint density at radius 3 is 2.56 bits per heavy atom. The number of H-pyrrole nitrogens is 1. The Balaban J connectivity index is 2.88. The SMILES string of the molecule is O=c1[nH]c2cccc(Cl)c2c(CP(=O)(O)O)c1Cl. The van der Waals surface area contributed by atoms with Crippen LogP contribution < -0.4 is 5.56 Å². The molecule has 0 saturated heterocycles. The molecule has 0 aliphatic heterocycles. The lowest BCUT2D eigenvalue weighted by Crippen LogP contribution is -2.10. The first-order valence-electron chi connectivity index (χ1n) is 4.83. The highest BCUT2D eigenvalue weighted by Crippen LogP contribution is 2.43. The Bertz CT molecular complexity index is 722. The number of hydrogen-bond acceptors (Lipinski definition) is 2. The number of benzene rings is 1. The molecule has 18 heavy (non-hydrogen) atoms.